The van der Waals surface area contributed by atoms with Gasteiger partial charge in [0.25, 0.3) is 0 Å². The lowest BCUT2D eigenvalue weighted by Gasteiger charge is -2.38. The van der Waals surface area contributed by atoms with Gasteiger partial charge < -0.3 is 5.11 Å². The molecular formula is C23H31Cl2FN2O3S. The van der Waals surface area contributed by atoms with Gasteiger partial charge in [0.05, 0.1) is 6.04 Å². The van der Waals surface area contributed by atoms with Crippen molar-refractivity contribution >= 4 is 49.2 Å². The lowest BCUT2D eigenvalue weighted by Crippen LogP contribution is -2.43. The fourth-order valence-electron chi connectivity index (χ4n) is 4.69. The molecule has 2 heterocycles. The van der Waals surface area contributed by atoms with E-state index < -0.39 is 18.1 Å². The summed E-state index contributed by atoms with van der Waals surface area (Å²) in [4.78, 5) is 28.6. The highest BCUT2D eigenvalue weighted by Gasteiger charge is 2.41. The summed E-state index contributed by atoms with van der Waals surface area (Å²) in [6, 6.07) is 5.58. The summed E-state index contributed by atoms with van der Waals surface area (Å²) < 4.78 is 14.6. The maximum absolute atomic E-state index is 14.6. The van der Waals surface area contributed by atoms with Gasteiger partial charge in [0.2, 0.25) is 0 Å². The third-order valence-corrected chi connectivity index (χ3v) is 7.14. The van der Waals surface area contributed by atoms with Gasteiger partial charge in [-0.3, -0.25) is 19.4 Å². The number of carbonyl (C=O) groups excluding carboxylic acids is 1. The number of ketones is 1. The third kappa shape index (κ3) is 6.06. The van der Waals surface area contributed by atoms with Crippen LogP contribution in [0, 0.1) is 11.7 Å². The van der Waals surface area contributed by atoms with Gasteiger partial charge in [-0.15, -0.1) is 24.8 Å². The summed E-state index contributed by atoms with van der Waals surface area (Å²) in [7, 11) is 0. The normalized spacial score (nSPS) is 26.2. The van der Waals surface area contributed by atoms with Gasteiger partial charge in [0, 0.05) is 36.4 Å². The number of hydrogen-bond acceptors (Lipinski definition) is 5. The fourth-order valence-corrected chi connectivity index (χ4v) is 4.99. The molecule has 1 aromatic rings. The van der Waals surface area contributed by atoms with Crippen LogP contribution in [-0.2, 0) is 9.59 Å². The van der Waals surface area contributed by atoms with Crippen LogP contribution < -0.4 is 0 Å². The first-order valence-corrected chi connectivity index (χ1v) is 11.3. The molecule has 178 valence electrons. The zero-order valence-electron chi connectivity index (χ0n) is 17.9. The van der Waals surface area contributed by atoms with Crippen molar-refractivity contribution in [1.29, 1.82) is 0 Å². The number of carboxylic acid groups (broad SMARTS) is 1. The van der Waals surface area contributed by atoms with Crippen molar-refractivity contribution in [2.45, 2.75) is 49.4 Å². The first-order chi connectivity index (χ1) is 14.5. The van der Waals surface area contributed by atoms with E-state index in [2.05, 4.69) is 11.0 Å². The van der Waals surface area contributed by atoms with Crippen molar-refractivity contribution in [2.75, 3.05) is 26.2 Å². The van der Waals surface area contributed by atoms with Gasteiger partial charge in [-0.1, -0.05) is 24.3 Å². The van der Waals surface area contributed by atoms with Gasteiger partial charge in [0.15, 0.2) is 5.78 Å². The first-order valence-electron chi connectivity index (χ1n) is 10.8. The van der Waals surface area contributed by atoms with Gasteiger partial charge in [0.1, 0.15) is 11.9 Å². The maximum atomic E-state index is 14.6. The van der Waals surface area contributed by atoms with Crippen molar-refractivity contribution in [2.24, 2.45) is 5.92 Å². The molecule has 3 aliphatic rings. The summed E-state index contributed by atoms with van der Waals surface area (Å²) in [5.41, 5.74) is 1.54. The predicted molar refractivity (Wildman–Crippen MR) is 131 cm³/mol. The number of aliphatic carboxylic acids is 1. The molecule has 2 saturated heterocycles. The lowest BCUT2D eigenvalue weighted by molar-refractivity contribution is -0.142. The highest BCUT2D eigenvalue weighted by atomic mass is 35.5. The average molecular weight is 505 g/mol. The fraction of sp³-hybridized carbons (Fsp3) is 0.565. The van der Waals surface area contributed by atoms with Crippen LogP contribution in [0.5, 0.6) is 0 Å². The van der Waals surface area contributed by atoms with Crippen LogP contribution in [0.3, 0.4) is 0 Å². The zero-order chi connectivity index (χ0) is 21.3. The van der Waals surface area contributed by atoms with E-state index in [1.807, 2.05) is 4.90 Å². The van der Waals surface area contributed by atoms with E-state index in [4.69, 9.17) is 12.6 Å². The molecule has 1 aliphatic carbocycles. The smallest absolute Gasteiger partial charge is 0.320 e. The van der Waals surface area contributed by atoms with E-state index in [9.17, 15) is 19.1 Å². The molecule has 1 saturated carbocycles. The second-order valence-electron chi connectivity index (χ2n) is 8.65. The number of benzene rings is 1. The number of carboxylic acids is 1. The molecule has 2 unspecified atom stereocenters. The number of likely N-dealkylation sites (tertiary alicyclic amines) is 2. The van der Waals surface area contributed by atoms with Crippen LogP contribution >= 0.6 is 37.4 Å². The topological polar surface area (TPSA) is 60.9 Å². The van der Waals surface area contributed by atoms with Gasteiger partial charge >= 0.3 is 5.97 Å². The molecule has 3 fully saturated rings. The van der Waals surface area contributed by atoms with Crippen molar-refractivity contribution < 1.29 is 19.1 Å². The summed E-state index contributed by atoms with van der Waals surface area (Å²) in [5.74, 6) is -0.955. The molecule has 3 atom stereocenters. The van der Waals surface area contributed by atoms with E-state index in [1.165, 1.54) is 6.07 Å². The van der Waals surface area contributed by atoms with Gasteiger partial charge in [-0.25, -0.2) is 4.39 Å². The summed E-state index contributed by atoms with van der Waals surface area (Å²) in [5, 5.41) is 9.47. The highest BCUT2D eigenvalue weighted by Crippen LogP contribution is 2.39. The number of rotatable bonds is 7. The maximum Gasteiger partial charge on any atom is 0.320 e. The Hall–Kier alpha value is -1.12. The number of carbonyl (C=O) groups is 2. The van der Waals surface area contributed by atoms with Gasteiger partial charge in [-0.2, -0.15) is 12.6 Å². The molecule has 0 amide bonds. The highest BCUT2D eigenvalue weighted by molar-refractivity contribution is 7.81. The lowest BCUT2D eigenvalue weighted by atomic mass is 9.93. The Morgan fingerprint density at radius 3 is 2.53 bits per heavy atom. The Labute approximate surface area is 206 Å². The summed E-state index contributed by atoms with van der Waals surface area (Å²) in [6.07, 6.45) is 6.20. The minimum absolute atomic E-state index is 0. The molecule has 1 aromatic carbocycles. The Balaban J connectivity index is 0.00000181. The number of piperidine rings is 1. The predicted octanol–water partition coefficient (Wildman–Crippen LogP) is 4.17. The molecule has 0 radical (unpaired) electrons. The molecule has 5 nitrogen and oxygen atoms in total. The standard InChI is InChI=1S/C23H29FN2O3S.2ClH/c24-18-5-2-1-4-17(18)21(22(27)15-7-8-15)26-13-10-20(30)16(14-26)9-12-25-11-3-6-19(25)23(28)29;;/h1-2,4-5,9,15,19-21,30H,3,6-8,10-14H2,(H,28,29);2*1H/b16-9+;;/t19-,20?,21?;;/m0../s1. The van der Waals surface area contributed by atoms with Crippen molar-refractivity contribution in [3.63, 3.8) is 0 Å². The quantitative estimate of drug-likeness (QED) is 0.431. The molecular weight excluding hydrogens is 474 g/mol. The minimum Gasteiger partial charge on any atom is -0.480 e. The SMILES string of the molecule is Cl.Cl.O=C(C1CC1)C(c1ccccc1F)N1CCC(S)/C(=C/CN2CCC[C@H]2C(=O)O)C1. The molecule has 1 N–H and O–H groups in total. The van der Waals surface area contributed by atoms with Crippen LogP contribution in [0.15, 0.2) is 35.9 Å². The van der Waals surface area contributed by atoms with Crippen LogP contribution in [0.4, 0.5) is 4.39 Å². The molecule has 32 heavy (non-hydrogen) atoms. The van der Waals surface area contributed by atoms with Crippen LogP contribution in [0.25, 0.3) is 0 Å². The first kappa shape index (κ1) is 27.1. The van der Waals surface area contributed by atoms with Crippen LogP contribution in [0.1, 0.15) is 43.7 Å². The Morgan fingerprint density at radius 2 is 1.88 bits per heavy atom. The van der Waals surface area contributed by atoms with Crippen LogP contribution in [-0.4, -0.2) is 64.1 Å². The Kier molecular flexibility index (Phi) is 10.0. The monoisotopic (exact) mass is 504 g/mol. The van der Waals surface area contributed by atoms with Gasteiger partial charge in [-0.05, 0) is 50.3 Å². The van der Waals surface area contributed by atoms with E-state index in [0.717, 1.165) is 37.8 Å². The Bertz CT molecular complexity index is 852. The zero-order valence-corrected chi connectivity index (χ0v) is 20.4. The largest absolute Gasteiger partial charge is 0.480 e. The molecule has 9 heteroatoms. The second-order valence-corrected chi connectivity index (χ2v) is 9.27. The average Bonchev–Trinajstić information content (AvgIpc) is 3.47. The minimum atomic E-state index is -0.770. The van der Waals surface area contributed by atoms with E-state index >= 15 is 0 Å². The van der Waals surface area contributed by atoms with Crippen molar-refractivity contribution in [1.82, 2.24) is 9.80 Å². The Morgan fingerprint density at radius 1 is 1.16 bits per heavy atom. The second kappa shape index (κ2) is 11.8. The van der Waals surface area contributed by atoms with Crippen molar-refractivity contribution in [3.05, 3.63) is 47.3 Å². The molecule has 2 aliphatic heterocycles. The molecule has 0 spiro atoms. The number of halogens is 3. The number of nitrogens with zero attached hydrogens (tertiary/aromatic N) is 2. The number of thiol groups is 1. The molecule has 4 rings (SSSR count). The van der Waals surface area contributed by atoms with E-state index in [0.29, 0.717) is 31.6 Å². The van der Waals surface area contributed by atoms with E-state index in [1.54, 1.807) is 18.2 Å². The number of Topliss-reactive ketones (excluding diaryl/α,β-unsaturated/α-hetero) is 1. The summed E-state index contributed by atoms with van der Waals surface area (Å²) >= 11 is 4.73. The summed E-state index contributed by atoms with van der Waals surface area (Å²) in [6.45, 7) is 2.58. The molecule has 0 bridgehead atoms. The van der Waals surface area contributed by atoms with Crippen molar-refractivity contribution in [3.8, 4) is 0 Å². The van der Waals surface area contributed by atoms with Crippen LogP contribution in [0.2, 0.25) is 0 Å². The van der Waals surface area contributed by atoms with E-state index in [-0.39, 0.29) is 47.6 Å². The molecule has 0 aromatic heterocycles. The number of hydrogen-bond donors (Lipinski definition) is 2. The third-order valence-electron chi connectivity index (χ3n) is 6.55.